The highest BCUT2D eigenvalue weighted by molar-refractivity contribution is 5.94. The smallest absolute Gasteiger partial charge is 0.251 e. The molecule has 0 bridgehead atoms. The molecule has 126 valence electrons. The molecule has 0 aliphatic carbocycles. The molecular weight excluding hydrogens is 314 g/mol. The summed E-state index contributed by atoms with van der Waals surface area (Å²) in [6.45, 7) is 1.67. The molecule has 6 nitrogen and oxygen atoms in total. The number of nitrogens with zero attached hydrogens (tertiary/aromatic N) is 4. The Balaban J connectivity index is 1.47. The van der Waals surface area contributed by atoms with Crippen molar-refractivity contribution in [1.29, 1.82) is 0 Å². The number of amides is 1. The Morgan fingerprint density at radius 3 is 2.76 bits per heavy atom. The number of benzene rings is 1. The van der Waals surface area contributed by atoms with Crippen molar-refractivity contribution in [3.8, 4) is 0 Å². The predicted octanol–water partition coefficient (Wildman–Crippen LogP) is 2.42. The fraction of sp³-hybridized carbons (Fsp3) is 0.263. The first-order chi connectivity index (χ1) is 12.3. The van der Waals surface area contributed by atoms with Gasteiger partial charge in [-0.2, -0.15) is 0 Å². The number of rotatable bonds is 3. The molecule has 2 aromatic heterocycles. The predicted molar refractivity (Wildman–Crippen MR) is 96.5 cm³/mol. The second kappa shape index (κ2) is 6.84. The lowest BCUT2D eigenvalue weighted by Gasteiger charge is -2.33. The monoisotopic (exact) mass is 333 g/mol. The van der Waals surface area contributed by atoms with E-state index in [1.54, 1.807) is 24.5 Å². The first kappa shape index (κ1) is 15.5. The van der Waals surface area contributed by atoms with Crippen LogP contribution in [0.15, 0.2) is 55.0 Å². The number of hydrogen-bond donors (Lipinski definition) is 1. The van der Waals surface area contributed by atoms with Crippen LogP contribution in [-0.2, 0) is 0 Å². The number of carbonyl (C=O) groups excluding carboxylic acids is 1. The minimum atomic E-state index is -0.0566. The van der Waals surface area contributed by atoms with E-state index >= 15 is 0 Å². The Labute approximate surface area is 145 Å². The fourth-order valence-corrected chi connectivity index (χ4v) is 3.17. The van der Waals surface area contributed by atoms with Gasteiger partial charge in [-0.3, -0.25) is 14.8 Å². The van der Waals surface area contributed by atoms with Crippen LogP contribution in [0.3, 0.4) is 0 Å². The van der Waals surface area contributed by atoms with Gasteiger partial charge in [-0.25, -0.2) is 4.98 Å². The van der Waals surface area contributed by atoms with Crippen molar-refractivity contribution in [2.75, 3.05) is 18.0 Å². The highest BCUT2D eigenvalue weighted by Crippen LogP contribution is 2.20. The number of pyridine rings is 1. The molecule has 1 atom stereocenters. The van der Waals surface area contributed by atoms with Crippen LogP contribution in [0, 0.1) is 0 Å². The third-order valence-electron chi connectivity index (χ3n) is 4.46. The molecule has 25 heavy (non-hydrogen) atoms. The van der Waals surface area contributed by atoms with Crippen molar-refractivity contribution in [1.82, 2.24) is 20.3 Å². The molecule has 1 amide bonds. The molecule has 0 radical (unpaired) electrons. The molecule has 1 fully saturated rings. The molecule has 6 heteroatoms. The third-order valence-corrected chi connectivity index (χ3v) is 4.46. The highest BCUT2D eigenvalue weighted by Gasteiger charge is 2.23. The maximum atomic E-state index is 12.3. The number of anilines is 1. The van der Waals surface area contributed by atoms with Crippen molar-refractivity contribution in [2.45, 2.75) is 18.9 Å². The number of aromatic nitrogens is 3. The summed E-state index contributed by atoms with van der Waals surface area (Å²) < 4.78 is 0. The topological polar surface area (TPSA) is 71.0 Å². The fourth-order valence-electron chi connectivity index (χ4n) is 3.17. The maximum absolute atomic E-state index is 12.3. The number of nitrogens with one attached hydrogen (secondary N) is 1. The van der Waals surface area contributed by atoms with E-state index in [9.17, 15) is 4.79 Å². The molecule has 0 saturated carbocycles. The van der Waals surface area contributed by atoms with Crippen molar-refractivity contribution >= 4 is 22.8 Å². The van der Waals surface area contributed by atoms with Gasteiger partial charge in [-0.1, -0.05) is 12.1 Å². The van der Waals surface area contributed by atoms with E-state index < -0.39 is 0 Å². The van der Waals surface area contributed by atoms with Crippen LogP contribution in [-0.4, -0.2) is 40.0 Å². The van der Waals surface area contributed by atoms with Crippen LogP contribution < -0.4 is 10.2 Å². The maximum Gasteiger partial charge on any atom is 0.251 e. The average molecular weight is 333 g/mol. The normalized spacial score (nSPS) is 17.4. The van der Waals surface area contributed by atoms with Gasteiger partial charge >= 0.3 is 0 Å². The second-order valence-corrected chi connectivity index (χ2v) is 6.21. The van der Waals surface area contributed by atoms with E-state index in [4.69, 9.17) is 4.98 Å². The molecule has 1 unspecified atom stereocenters. The van der Waals surface area contributed by atoms with Gasteiger partial charge in [0.2, 0.25) is 0 Å². The van der Waals surface area contributed by atoms with E-state index in [1.807, 2.05) is 30.5 Å². The lowest BCUT2D eigenvalue weighted by atomic mass is 10.1. The molecule has 1 N–H and O–H groups in total. The molecule has 0 spiro atoms. The van der Waals surface area contributed by atoms with Crippen LogP contribution in [0.25, 0.3) is 11.0 Å². The largest absolute Gasteiger partial charge is 0.353 e. The van der Waals surface area contributed by atoms with Crippen LogP contribution in [0.2, 0.25) is 0 Å². The summed E-state index contributed by atoms with van der Waals surface area (Å²) in [5, 5.41) is 3.12. The van der Waals surface area contributed by atoms with Crippen molar-refractivity contribution in [3.63, 3.8) is 0 Å². The van der Waals surface area contributed by atoms with Crippen LogP contribution in [0.4, 0.5) is 5.82 Å². The van der Waals surface area contributed by atoms with Gasteiger partial charge < -0.3 is 10.2 Å². The van der Waals surface area contributed by atoms with Crippen LogP contribution in [0.5, 0.6) is 0 Å². The van der Waals surface area contributed by atoms with Crippen molar-refractivity contribution in [3.05, 3.63) is 60.6 Å². The lowest BCUT2D eigenvalue weighted by Crippen LogP contribution is -2.48. The summed E-state index contributed by atoms with van der Waals surface area (Å²) in [7, 11) is 0. The van der Waals surface area contributed by atoms with Crippen LogP contribution >= 0.6 is 0 Å². The summed E-state index contributed by atoms with van der Waals surface area (Å²) in [5.41, 5.74) is 2.42. The minimum Gasteiger partial charge on any atom is -0.353 e. The molecule has 1 saturated heterocycles. The highest BCUT2D eigenvalue weighted by atomic mass is 16.1. The number of fused-ring (bicyclic) bond motifs is 1. The zero-order chi connectivity index (χ0) is 17.1. The van der Waals surface area contributed by atoms with E-state index in [0.717, 1.165) is 42.8 Å². The summed E-state index contributed by atoms with van der Waals surface area (Å²) in [6, 6.07) is 11.4. The summed E-state index contributed by atoms with van der Waals surface area (Å²) in [5.74, 6) is 0.806. The minimum absolute atomic E-state index is 0.0566. The van der Waals surface area contributed by atoms with Crippen molar-refractivity contribution < 1.29 is 4.79 Å². The Hall–Kier alpha value is -3.02. The van der Waals surface area contributed by atoms with Gasteiger partial charge in [0, 0.05) is 37.1 Å². The van der Waals surface area contributed by atoms with E-state index in [2.05, 4.69) is 20.2 Å². The van der Waals surface area contributed by atoms with Gasteiger partial charge in [-0.15, -0.1) is 0 Å². The second-order valence-electron chi connectivity index (χ2n) is 6.21. The van der Waals surface area contributed by atoms with Gasteiger partial charge in [0.05, 0.1) is 17.2 Å². The summed E-state index contributed by atoms with van der Waals surface area (Å²) in [6.07, 6.45) is 7.05. The Bertz CT molecular complexity index is 883. The SMILES string of the molecule is O=C(NC1CCCN(c2cnc3ccccc3n2)C1)c1ccncc1. The Morgan fingerprint density at radius 1 is 1.12 bits per heavy atom. The molecular formula is C19H19N5O. The van der Waals surface area contributed by atoms with Crippen LogP contribution in [0.1, 0.15) is 23.2 Å². The zero-order valence-electron chi connectivity index (χ0n) is 13.8. The molecule has 4 rings (SSSR count). The summed E-state index contributed by atoms with van der Waals surface area (Å²) in [4.78, 5) is 27.7. The number of piperidine rings is 1. The lowest BCUT2D eigenvalue weighted by molar-refractivity contribution is 0.0933. The average Bonchev–Trinajstić information content (AvgIpc) is 2.68. The molecule has 1 aromatic carbocycles. The van der Waals surface area contributed by atoms with Gasteiger partial charge in [-0.05, 0) is 37.1 Å². The van der Waals surface area contributed by atoms with Gasteiger partial charge in [0.1, 0.15) is 5.82 Å². The molecule has 3 aromatic rings. The molecule has 1 aliphatic heterocycles. The number of carbonyl (C=O) groups is 1. The van der Waals surface area contributed by atoms with E-state index in [0.29, 0.717) is 5.56 Å². The molecule has 3 heterocycles. The molecule has 1 aliphatic rings. The third kappa shape index (κ3) is 3.42. The van der Waals surface area contributed by atoms with Gasteiger partial charge in [0.15, 0.2) is 0 Å². The van der Waals surface area contributed by atoms with Crippen molar-refractivity contribution in [2.24, 2.45) is 0 Å². The zero-order valence-corrected chi connectivity index (χ0v) is 13.8. The first-order valence-electron chi connectivity index (χ1n) is 8.47. The Kier molecular flexibility index (Phi) is 4.24. The number of hydrogen-bond acceptors (Lipinski definition) is 5. The van der Waals surface area contributed by atoms with E-state index in [1.165, 1.54) is 0 Å². The quantitative estimate of drug-likeness (QED) is 0.797. The van der Waals surface area contributed by atoms with E-state index in [-0.39, 0.29) is 11.9 Å². The first-order valence-corrected chi connectivity index (χ1v) is 8.47. The number of para-hydroxylation sites is 2. The summed E-state index contributed by atoms with van der Waals surface area (Å²) >= 11 is 0. The van der Waals surface area contributed by atoms with Gasteiger partial charge in [0.25, 0.3) is 5.91 Å². The standard InChI is InChI=1S/C19H19N5O/c25-19(14-7-9-20-10-8-14)22-15-4-3-11-24(13-15)18-12-21-16-5-1-2-6-17(16)23-18/h1-2,5-10,12,15H,3-4,11,13H2,(H,22,25). The Morgan fingerprint density at radius 2 is 1.92 bits per heavy atom.